The van der Waals surface area contributed by atoms with E-state index in [4.69, 9.17) is 0 Å². The minimum atomic E-state index is -1.05. The van der Waals surface area contributed by atoms with E-state index >= 15 is 0 Å². The first-order valence-corrected chi connectivity index (χ1v) is 12.2. The van der Waals surface area contributed by atoms with E-state index in [9.17, 15) is 18.8 Å². The van der Waals surface area contributed by atoms with Gasteiger partial charge in [-0.05, 0) is 35.2 Å². The van der Waals surface area contributed by atoms with Crippen LogP contribution in [0.15, 0.2) is 73.1 Å². The largest absolute Gasteiger partial charge is 0.352 e. The minimum absolute atomic E-state index is 0.0189. The molecule has 0 aliphatic carbocycles. The summed E-state index contributed by atoms with van der Waals surface area (Å²) < 4.78 is 14.1. The van der Waals surface area contributed by atoms with Gasteiger partial charge in [0.25, 0.3) is 5.91 Å². The van der Waals surface area contributed by atoms with Crippen LogP contribution in [0.2, 0.25) is 0 Å². The van der Waals surface area contributed by atoms with Crippen LogP contribution in [-0.4, -0.2) is 40.2 Å². The number of amides is 3. The summed E-state index contributed by atoms with van der Waals surface area (Å²) in [5.41, 5.74) is 1.97. The monoisotopic (exact) mass is 502 g/mol. The van der Waals surface area contributed by atoms with E-state index in [1.54, 1.807) is 41.4 Å². The molecular weight excluding hydrogens is 471 g/mol. The zero-order chi connectivity index (χ0) is 26.6. The molecule has 1 atom stereocenters. The quantitative estimate of drug-likeness (QED) is 0.544. The van der Waals surface area contributed by atoms with Gasteiger partial charge in [0.05, 0.1) is 12.0 Å². The number of hydrogen-bond donors (Lipinski definition) is 1. The molecule has 4 rings (SSSR count). The number of benzene rings is 2. The summed E-state index contributed by atoms with van der Waals surface area (Å²) in [5.74, 6) is -1.60. The maximum atomic E-state index is 14.1. The molecule has 192 valence electrons. The first-order chi connectivity index (χ1) is 17.6. The predicted molar refractivity (Wildman–Crippen MR) is 139 cm³/mol. The summed E-state index contributed by atoms with van der Waals surface area (Å²) in [5, 5.41) is 2.71. The molecule has 1 aliphatic heterocycles. The van der Waals surface area contributed by atoms with Crippen molar-refractivity contribution in [3.05, 3.63) is 95.6 Å². The fourth-order valence-electron chi connectivity index (χ4n) is 4.42. The van der Waals surface area contributed by atoms with E-state index in [1.165, 1.54) is 17.2 Å². The van der Waals surface area contributed by atoms with E-state index in [0.717, 1.165) is 11.3 Å². The van der Waals surface area contributed by atoms with Gasteiger partial charge in [-0.1, -0.05) is 57.2 Å². The van der Waals surface area contributed by atoms with Gasteiger partial charge < -0.3 is 15.1 Å². The van der Waals surface area contributed by atoms with Gasteiger partial charge in [-0.2, -0.15) is 0 Å². The Balaban J connectivity index is 1.68. The van der Waals surface area contributed by atoms with Crippen molar-refractivity contribution in [1.29, 1.82) is 0 Å². The Kier molecular flexibility index (Phi) is 7.66. The number of hydrogen-bond acceptors (Lipinski definition) is 4. The van der Waals surface area contributed by atoms with Crippen molar-refractivity contribution in [2.24, 2.45) is 5.41 Å². The highest BCUT2D eigenvalue weighted by atomic mass is 19.1. The lowest BCUT2D eigenvalue weighted by Gasteiger charge is -2.33. The summed E-state index contributed by atoms with van der Waals surface area (Å²) in [6, 6.07) is 15.9. The molecule has 1 aliphatic rings. The number of carbonyl (C=O) groups is 3. The Bertz CT molecular complexity index is 1290. The Morgan fingerprint density at radius 1 is 1.05 bits per heavy atom. The van der Waals surface area contributed by atoms with Crippen LogP contribution in [0.3, 0.4) is 0 Å². The number of carbonyl (C=O) groups excluding carboxylic acids is 3. The second-order valence-corrected chi connectivity index (χ2v) is 10.4. The summed E-state index contributed by atoms with van der Waals surface area (Å²) >= 11 is 0. The smallest absolute Gasteiger partial charge is 0.256 e. The molecule has 37 heavy (non-hydrogen) atoms. The van der Waals surface area contributed by atoms with Crippen LogP contribution in [0.1, 0.15) is 48.7 Å². The van der Waals surface area contributed by atoms with Crippen molar-refractivity contribution in [3.63, 3.8) is 0 Å². The molecular formula is C29H31FN4O3. The molecule has 0 saturated heterocycles. The molecule has 7 nitrogen and oxygen atoms in total. The second-order valence-electron chi connectivity index (χ2n) is 10.4. The number of rotatable bonds is 6. The summed E-state index contributed by atoms with van der Waals surface area (Å²) in [7, 11) is 0. The van der Waals surface area contributed by atoms with Crippen molar-refractivity contribution in [2.45, 2.75) is 46.3 Å². The zero-order valence-corrected chi connectivity index (χ0v) is 21.3. The highest BCUT2D eigenvalue weighted by Gasteiger charge is 2.40. The lowest BCUT2D eigenvalue weighted by molar-refractivity contribution is -0.129. The zero-order valence-electron chi connectivity index (χ0n) is 21.3. The number of para-hydroxylation sites is 1. The van der Waals surface area contributed by atoms with Gasteiger partial charge in [0.1, 0.15) is 11.9 Å². The third kappa shape index (κ3) is 6.20. The van der Waals surface area contributed by atoms with Crippen LogP contribution < -0.4 is 10.2 Å². The highest BCUT2D eigenvalue weighted by molar-refractivity contribution is 6.05. The van der Waals surface area contributed by atoms with Crippen molar-refractivity contribution in [1.82, 2.24) is 15.2 Å². The topological polar surface area (TPSA) is 82.6 Å². The van der Waals surface area contributed by atoms with Gasteiger partial charge in [-0.3, -0.25) is 19.4 Å². The van der Waals surface area contributed by atoms with Gasteiger partial charge in [0.2, 0.25) is 11.8 Å². The van der Waals surface area contributed by atoms with Crippen LogP contribution >= 0.6 is 0 Å². The number of nitrogens with zero attached hydrogens (tertiary/aromatic N) is 3. The molecule has 3 aromatic rings. The number of halogens is 1. The lowest BCUT2D eigenvalue weighted by Crippen LogP contribution is -2.52. The average molecular weight is 503 g/mol. The third-order valence-electron chi connectivity index (χ3n) is 6.16. The van der Waals surface area contributed by atoms with Gasteiger partial charge in [0.15, 0.2) is 0 Å². The molecule has 3 amide bonds. The minimum Gasteiger partial charge on any atom is -0.352 e. The fourth-order valence-corrected chi connectivity index (χ4v) is 4.42. The number of pyridine rings is 1. The highest BCUT2D eigenvalue weighted by Crippen LogP contribution is 2.32. The first-order valence-electron chi connectivity index (χ1n) is 12.2. The Labute approximate surface area is 216 Å². The van der Waals surface area contributed by atoms with Crippen molar-refractivity contribution in [3.8, 4) is 0 Å². The maximum absolute atomic E-state index is 14.1. The van der Waals surface area contributed by atoms with Crippen molar-refractivity contribution < 1.29 is 18.8 Å². The lowest BCUT2D eigenvalue weighted by atomic mass is 9.95. The van der Waals surface area contributed by atoms with E-state index in [0.29, 0.717) is 17.7 Å². The van der Waals surface area contributed by atoms with Gasteiger partial charge in [0, 0.05) is 43.3 Å². The normalized spacial score (nSPS) is 15.7. The molecule has 2 aromatic carbocycles. The molecule has 0 radical (unpaired) electrons. The van der Waals surface area contributed by atoms with E-state index in [1.807, 2.05) is 45.0 Å². The summed E-state index contributed by atoms with van der Waals surface area (Å²) in [6.45, 7) is 6.63. The number of nitrogens with one attached hydrogen (secondary N) is 1. The maximum Gasteiger partial charge on any atom is 0.256 e. The molecule has 1 unspecified atom stereocenters. The predicted octanol–water partition coefficient (Wildman–Crippen LogP) is 4.33. The van der Waals surface area contributed by atoms with Crippen molar-refractivity contribution in [2.75, 3.05) is 11.4 Å². The van der Waals surface area contributed by atoms with Crippen LogP contribution in [0.4, 0.5) is 10.1 Å². The standard InChI is InChI=1S/C29H31FN4O3/c1-29(2,3)19-34-24-13-7-5-10-22(24)18-33(27(36)21-11-8-14-31-16-21)25(28(34)37)15-26(35)32-17-20-9-4-6-12-23(20)30/h4-14,16,25H,15,17-19H2,1-3H3,(H,32,35). The Morgan fingerprint density at radius 3 is 2.49 bits per heavy atom. The number of anilines is 1. The van der Waals surface area contributed by atoms with E-state index in [2.05, 4.69) is 10.3 Å². The van der Waals surface area contributed by atoms with Crippen LogP contribution in [0, 0.1) is 11.2 Å². The SMILES string of the molecule is CC(C)(C)CN1C(=O)C(CC(=O)NCc2ccccc2F)N(C(=O)c2cccnc2)Cc2ccccc21. The molecule has 0 bridgehead atoms. The average Bonchev–Trinajstić information content (AvgIpc) is 2.98. The molecule has 8 heteroatoms. The van der Waals surface area contributed by atoms with Gasteiger partial charge in [-0.25, -0.2) is 4.39 Å². The van der Waals surface area contributed by atoms with Gasteiger partial charge >= 0.3 is 0 Å². The Morgan fingerprint density at radius 2 is 1.78 bits per heavy atom. The Hall–Kier alpha value is -4.07. The summed E-state index contributed by atoms with van der Waals surface area (Å²) in [6.07, 6.45) is 2.76. The molecule has 1 aromatic heterocycles. The van der Waals surface area contributed by atoms with E-state index < -0.39 is 17.8 Å². The number of aromatic nitrogens is 1. The fraction of sp³-hybridized carbons (Fsp3) is 0.310. The van der Waals surface area contributed by atoms with Crippen LogP contribution in [-0.2, 0) is 22.7 Å². The second kappa shape index (κ2) is 10.9. The van der Waals surface area contributed by atoms with Crippen LogP contribution in [0.5, 0.6) is 0 Å². The van der Waals surface area contributed by atoms with Gasteiger partial charge in [-0.15, -0.1) is 0 Å². The molecule has 0 spiro atoms. The molecule has 0 fully saturated rings. The number of fused-ring (bicyclic) bond motifs is 1. The van der Waals surface area contributed by atoms with Crippen molar-refractivity contribution >= 4 is 23.4 Å². The molecule has 2 heterocycles. The van der Waals surface area contributed by atoms with E-state index in [-0.39, 0.29) is 36.7 Å². The first kappa shape index (κ1) is 26.0. The molecule has 0 saturated carbocycles. The summed E-state index contributed by atoms with van der Waals surface area (Å²) in [4.78, 5) is 48.0. The van der Waals surface area contributed by atoms with Crippen LogP contribution in [0.25, 0.3) is 0 Å². The third-order valence-corrected chi connectivity index (χ3v) is 6.16. The molecule has 1 N–H and O–H groups in total.